The molecule has 0 spiro atoms. The largest absolute Gasteiger partial charge is 0.573 e. The number of ether oxygens (including phenoxy) is 2. The second-order valence-corrected chi connectivity index (χ2v) is 14.1. The van der Waals surface area contributed by atoms with Crippen LogP contribution in [0.4, 0.5) is 13.2 Å². The zero-order chi connectivity index (χ0) is 30.7. The summed E-state index contributed by atoms with van der Waals surface area (Å²) in [6, 6.07) is 19.7. The molecule has 1 atom stereocenters. The summed E-state index contributed by atoms with van der Waals surface area (Å²) in [5.74, 6) is 0.397. The van der Waals surface area contributed by atoms with E-state index in [1.807, 2.05) is 57.2 Å². The van der Waals surface area contributed by atoms with Crippen LogP contribution < -0.4 is 9.47 Å². The minimum absolute atomic E-state index is 0.0120. The number of halogens is 3. The summed E-state index contributed by atoms with van der Waals surface area (Å²) in [5, 5.41) is 13.5. The molecule has 0 aliphatic heterocycles. The van der Waals surface area contributed by atoms with Crippen LogP contribution in [0.15, 0.2) is 82.7 Å². The highest BCUT2D eigenvalue weighted by atomic mass is 32.3. The molecule has 0 radical (unpaired) electrons. The maximum absolute atomic E-state index is 13.1. The van der Waals surface area contributed by atoms with Crippen molar-refractivity contribution in [1.82, 2.24) is 9.78 Å². The summed E-state index contributed by atoms with van der Waals surface area (Å²) >= 11 is 0. The molecule has 224 valence electrons. The molecule has 6 nitrogen and oxygen atoms in total. The lowest BCUT2D eigenvalue weighted by atomic mass is 10.0. The molecule has 0 bridgehead atoms. The van der Waals surface area contributed by atoms with Gasteiger partial charge in [-0.1, -0.05) is 45.0 Å². The standard InChI is InChI=1S/C32H35F3N2O4S/c1-6-42(5,25-14-11-23(12-15-25)18-31(38)39)30-16-13-24(17-22(30)4)40-20-28-26(21(2)3)19-36-37(28)27-9-7-8-10-29(27)41-32(33,34)35/h7-17,19,21H,6,18,20H2,1-5H3,(H,38,39). The van der Waals surface area contributed by atoms with Crippen LogP contribution in [-0.2, 0) is 17.8 Å². The van der Waals surface area contributed by atoms with Crippen molar-refractivity contribution in [2.45, 2.75) is 62.8 Å². The molecule has 0 amide bonds. The number of para-hydroxylation sites is 2. The van der Waals surface area contributed by atoms with Crippen LogP contribution in [0.1, 0.15) is 49.1 Å². The first kappa shape index (κ1) is 31.0. The maximum atomic E-state index is 13.1. The van der Waals surface area contributed by atoms with Gasteiger partial charge in [-0.15, -0.1) is 13.2 Å². The van der Waals surface area contributed by atoms with Crippen molar-refractivity contribution in [3.63, 3.8) is 0 Å². The number of carbonyl (C=O) groups is 1. The second-order valence-electron chi connectivity index (χ2n) is 10.4. The van der Waals surface area contributed by atoms with E-state index in [1.54, 1.807) is 12.3 Å². The van der Waals surface area contributed by atoms with Crippen molar-refractivity contribution in [1.29, 1.82) is 0 Å². The van der Waals surface area contributed by atoms with Gasteiger partial charge in [0.25, 0.3) is 0 Å². The average molecular weight is 601 g/mol. The molecule has 10 heteroatoms. The normalized spacial score (nSPS) is 13.9. The van der Waals surface area contributed by atoms with Gasteiger partial charge in [-0.3, -0.25) is 4.79 Å². The Balaban J connectivity index is 1.61. The predicted molar refractivity (Wildman–Crippen MR) is 158 cm³/mol. The summed E-state index contributed by atoms with van der Waals surface area (Å²) in [4.78, 5) is 13.5. The van der Waals surface area contributed by atoms with Gasteiger partial charge in [0.2, 0.25) is 0 Å². The molecule has 1 N–H and O–H groups in total. The third-order valence-corrected chi connectivity index (χ3v) is 11.1. The van der Waals surface area contributed by atoms with E-state index in [2.05, 4.69) is 29.1 Å². The fraction of sp³-hybridized carbons (Fsp3) is 0.312. The molecular formula is C32H35F3N2O4S. The highest BCUT2D eigenvalue weighted by Gasteiger charge is 2.33. The summed E-state index contributed by atoms with van der Waals surface area (Å²) < 4.78 is 51.2. The molecular weight excluding hydrogens is 565 g/mol. The first-order valence-electron chi connectivity index (χ1n) is 13.5. The highest BCUT2D eigenvalue weighted by Crippen LogP contribution is 2.60. The number of aliphatic carboxylic acids is 1. The summed E-state index contributed by atoms with van der Waals surface area (Å²) in [5.41, 5.74) is 3.48. The molecule has 0 fully saturated rings. The molecule has 1 aromatic heterocycles. The summed E-state index contributed by atoms with van der Waals surface area (Å²) in [7, 11) is -1.39. The number of aryl methyl sites for hydroxylation is 1. The van der Waals surface area contributed by atoms with Crippen molar-refractivity contribution in [2.24, 2.45) is 0 Å². The van der Waals surface area contributed by atoms with Gasteiger partial charge >= 0.3 is 12.3 Å². The minimum atomic E-state index is -4.84. The molecule has 1 unspecified atom stereocenters. The molecule has 1 heterocycles. The third-order valence-electron chi connectivity index (χ3n) is 7.23. The summed E-state index contributed by atoms with van der Waals surface area (Å²) in [6.45, 7) is 8.26. The van der Waals surface area contributed by atoms with E-state index in [0.717, 1.165) is 22.4 Å². The molecule has 0 saturated carbocycles. The number of aromatic nitrogens is 2. The zero-order valence-electron chi connectivity index (χ0n) is 24.2. The highest BCUT2D eigenvalue weighted by molar-refractivity contribution is 8.33. The summed E-state index contributed by atoms with van der Waals surface area (Å²) in [6.07, 6.45) is -0.951. The average Bonchev–Trinajstić information content (AvgIpc) is 3.35. The van der Waals surface area contributed by atoms with Crippen LogP contribution >= 0.6 is 10.0 Å². The van der Waals surface area contributed by atoms with Crippen LogP contribution in [0.25, 0.3) is 5.69 Å². The first-order valence-corrected chi connectivity index (χ1v) is 15.8. The van der Waals surface area contributed by atoms with Gasteiger partial charge < -0.3 is 14.6 Å². The van der Waals surface area contributed by atoms with E-state index in [9.17, 15) is 18.0 Å². The third kappa shape index (κ3) is 6.92. The molecule has 4 aromatic rings. The lowest BCUT2D eigenvalue weighted by Gasteiger charge is -2.37. The second kappa shape index (κ2) is 12.5. The Morgan fingerprint density at radius 1 is 1.07 bits per heavy atom. The number of hydrogen-bond acceptors (Lipinski definition) is 4. The van der Waals surface area contributed by atoms with Gasteiger partial charge in [0, 0.05) is 0 Å². The number of alkyl halides is 3. The Morgan fingerprint density at radius 3 is 2.36 bits per heavy atom. The number of benzene rings is 3. The van der Waals surface area contributed by atoms with E-state index in [-0.39, 0.29) is 30.4 Å². The van der Waals surface area contributed by atoms with Crippen molar-refractivity contribution < 1.29 is 32.5 Å². The SMILES string of the molecule is CCS(C)(c1ccc(CC(=O)O)cc1)c1ccc(OCc2c(C(C)C)cnn2-c2ccccc2OC(F)(F)F)cc1C. The zero-order valence-corrected chi connectivity index (χ0v) is 25.1. The van der Waals surface area contributed by atoms with Crippen LogP contribution in [-0.4, -0.2) is 39.2 Å². The minimum Gasteiger partial charge on any atom is -0.487 e. The number of nitrogens with zero attached hydrogens (tertiary/aromatic N) is 2. The Labute approximate surface area is 245 Å². The Kier molecular flexibility index (Phi) is 9.25. The molecule has 42 heavy (non-hydrogen) atoms. The quantitative estimate of drug-likeness (QED) is 0.188. The van der Waals surface area contributed by atoms with E-state index < -0.39 is 22.4 Å². The monoisotopic (exact) mass is 600 g/mol. The molecule has 0 saturated heterocycles. The first-order chi connectivity index (χ1) is 19.8. The maximum Gasteiger partial charge on any atom is 0.573 e. The van der Waals surface area contributed by atoms with Gasteiger partial charge in [0.1, 0.15) is 18.0 Å². The van der Waals surface area contributed by atoms with Crippen LogP contribution in [0.2, 0.25) is 0 Å². The number of hydrogen-bond donors (Lipinski definition) is 1. The fourth-order valence-electron chi connectivity index (χ4n) is 4.96. The predicted octanol–water partition coefficient (Wildman–Crippen LogP) is 8.28. The lowest BCUT2D eigenvalue weighted by Crippen LogP contribution is -2.19. The van der Waals surface area contributed by atoms with Crippen LogP contribution in [0.3, 0.4) is 0 Å². The van der Waals surface area contributed by atoms with E-state index in [0.29, 0.717) is 11.4 Å². The molecule has 0 aliphatic carbocycles. The van der Waals surface area contributed by atoms with Gasteiger partial charge in [-0.25, -0.2) is 4.68 Å². The molecule has 3 aromatic carbocycles. The van der Waals surface area contributed by atoms with Crippen LogP contribution in [0, 0.1) is 6.92 Å². The van der Waals surface area contributed by atoms with Crippen molar-refractivity contribution in [3.05, 3.63) is 95.3 Å². The van der Waals surface area contributed by atoms with Gasteiger partial charge in [0.15, 0.2) is 5.75 Å². The smallest absolute Gasteiger partial charge is 0.487 e. The Morgan fingerprint density at radius 2 is 1.76 bits per heavy atom. The lowest BCUT2D eigenvalue weighted by molar-refractivity contribution is -0.274. The Bertz CT molecular complexity index is 1550. The van der Waals surface area contributed by atoms with Crippen LogP contribution in [0.5, 0.6) is 11.5 Å². The molecule has 4 rings (SSSR count). The number of carboxylic acid groups (broad SMARTS) is 1. The van der Waals surface area contributed by atoms with Gasteiger partial charge in [-0.2, -0.15) is 15.1 Å². The number of rotatable bonds is 11. The topological polar surface area (TPSA) is 73.6 Å². The van der Waals surface area contributed by atoms with Gasteiger partial charge in [0.05, 0.1) is 18.3 Å². The van der Waals surface area contributed by atoms with E-state index in [1.165, 1.54) is 32.7 Å². The number of carboxylic acids is 1. The Hall–Kier alpha value is -3.92. The van der Waals surface area contributed by atoms with Crippen molar-refractivity contribution >= 4 is 16.0 Å². The van der Waals surface area contributed by atoms with E-state index in [4.69, 9.17) is 9.84 Å². The van der Waals surface area contributed by atoms with Gasteiger partial charge in [-0.05, 0) is 93.8 Å². The fourth-order valence-corrected chi connectivity index (χ4v) is 7.74. The van der Waals surface area contributed by atoms with Crippen molar-refractivity contribution in [2.75, 3.05) is 12.0 Å². The molecule has 0 aliphatic rings. The van der Waals surface area contributed by atoms with Crippen molar-refractivity contribution in [3.8, 4) is 17.2 Å². The van der Waals surface area contributed by atoms with E-state index >= 15 is 0 Å².